The number of nitrogens with zero attached hydrogens (tertiary/aromatic N) is 3. The van der Waals surface area contributed by atoms with Crippen molar-refractivity contribution in [2.75, 3.05) is 4.90 Å². The Morgan fingerprint density at radius 1 is 0.675 bits per heavy atom. The van der Waals surface area contributed by atoms with Crippen LogP contribution >= 0.6 is 0 Å². The number of para-hydroxylation sites is 2. The number of rotatable bonds is 2. The van der Waals surface area contributed by atoms with Crippen LogP contribution < -0.4 is 4.90 Å². The minimum absolute atomic E-state index is 0.946. The first-order valence-electron chi connectivity index (χ1n) is 14.0. The molecule has 3 heterocycles. The highest BCUT2D eigenvalue weighted by atomic mass is 15.2. The second kappa shape index (κ2) is 8.82. The number of aromatic nitrogens is 2. The maximum atomic E-state index is 5.02. The number of anilines is 3. The molecule has 0 atom stereocenters. The Morgan fingerprint density at radius 3 is 2.17 bits per heavy atom. The summed E-state index contributed by atoms with van der Waals surface area (Å²) in [7, 11) is 0. The van der Waals surface area contributed by atoms with Crippen LogP contribution in [0.15, 0.2) is 109 Å². The van der Waals surface area contributed by atoms with Gasteiger partial charge in [-0.15, -0.1) is 0 Å². The Balaban J connectivity index is 1.43. The summed E-state index contributed by atoms with van der Waals surface area (Å²) in [5, 5.41) is 1.24. The molecule has 0 saturated carbocycles. The van der Waals surface area contributed by atoms with E-state index < -0.39 is 0 Å². The highest BCUT2D eigenvalue weighted by Gasteiger charge is 2.27. The zero-order valence-electron chi connectivity index (χ0n) is 22.7. The molecule has 1 aliphatic carbocycles. The van der Waals surface area contributed by atoms with Gasteiger partial charge in [0.15, 0.2) is 0 Å². The quantitative estimate of drug-likeness (QED) is 0.228. The summed E-state index contributed by atoms with van der Waals surface area (Å²) < 4.78 is 2.37. The maximum absolute atomic E-state index is 5.02. The molecule has 0 bridgehead atoms. The predicted octanol–water partition coefficient (Wildman–Crippen LogP) is 9.72. The molecule has 0 fully saturated rings. The fourth-order valence-corrected chi connectivity index (χ4v) is 6.60. The van der Waals surface area contributed by atoms with Gasteiger partial charge in [0.2, 0.25) is 0 Å². The molecule has 6 aromatic rings. The minimum atomic E-state index is 0.946. The summed E-state index contributed by atoms with van der Waals surface area (Å²) in [4.78, 5) is 7.35. The maximum Gasteiger partial charge on any atom is 0.138 e. The number of hydrogen-bond acceptors (Lipinski definition) is 2. The first-order valence-corrected chi connectivity index (χ1v) is 14.0. The zero-order valence-corrected chi connectivity index (χ0v) is 22.7. The molecule has 2 aromatic heterocycles. The molecule has 0 radical (unpaired) electrons. The molecule has 8 rings (SSSR count). The van der Waals surface area contributed by atoms with E-state index in [0.29, 0.717) is 0 Å². The average Bonchev–Trinajstić information content (AvgIpc) is 3.34. The van der Waals surface area contributed by atoms with E-state index in [1.165, 1.54) is 55.5 Å². The molecule has 4 aromatic carbocycles. The van der Waals surface area contributed by atoms with E-state index in [9.17, 15) is 0 Å². The highest BCUT2D eigenvalue weighted by molar-refractivity contribution is 6.06. The van der Waals surface area contributed by atoms with Gasteiger partial charge in [0.1, 0.15) is 5.82 Å². The van der Waals surface area contributed by atoms with Crippen molar-refractivity contribution in [3.05, 3.63) is 132 Å². The van der Waals surface area contributed by atoms with Crippen molar-refractivity contribution >= 4 is 34.2 Å². The number of fused-ring (bicyclic) bond motifs is 7. The Morgan fingerprint density at radius 2 is 1.40 bits per heavy atom. The number of hydrogen-bond donors (Lipinski definition) is 0. The minimum Gasteiger partial charge on any atom is -0.316 e. The van der Waals surface area contributed by atoms with E-state index in [2.05, 4.69) is 139 Å². The molecule has 1 aliphatic heterocycles. The molecular formula is C37H29N3. The van der Waals surface area contributed by atoms with E-state index in [1.54, 1.807) is 0 Å². The Hall–Kier alpha value is -4.89. The third-order valence-electron chi connectivity index (χ3n) is 8.31. The Kier molecular flexibility index (Phi) is 5.08. The van der Waals surface area contributed by atoms with Gasteiger partial charge in [-0.25, -0.2) is 4.98 Å². The number of pyridine rings is 1. The van der Waals surface area contributed by atoms with Crippen LogP contribution in [-0.2, 0) is 6.42 Å². The second-order valence-corrected chi connectivity index (χ2v) is 10.9. The van der Waals surface area contributed by atoms with Gasteiger partial charge in [0.05, 0.1) is 22.6 Å². The van der Waals surface area contributed by atoms with E-state index in [0.717, 1.165) is 35.7 Å². The van der Waals surface area contributed by atoms with Crippen molar-refractivity contribution in [2.24, 2.45) is 0 Å². The van der Waals surface area contributed by atoms with Crippen molar-refractivity contribution in [2.45, 2.75) is 26.7 Å². The van der Waals surface area contributed by atoms with Gasteiger partial charge in [0, 0.05) is 34.0 Å². The molecule has 3 nitrogen and oxygen atoms in total. The van der Waals surface area contributed by atoms with E-state index in [1.807, 2.05) is 0 Å². The highest BCUT2D eigenvalue weighted by Crippen LogP contribution is 2.51. The average molecular weight is 516 g/mol. The van der Waals surface area contributed by atoms with Crippen molar-refractivity contribution in [1.82, 2.24) is 9.55 Å². The Labute approximate surface area is 234 Å². The lowest BCUT2D eigenvalue weighted by Gasteiger charge is -2.26. The second-order valence-electron chi connectivity index (χ2n) is 10.9. The molecule has 0 amide bonds. The largest absolute Gasteiger partial charge is 0.316 e. The van der Waals surface area contributed by atoms with Crippen LogP contribution in [0.1, 0.15) is 28.8 Å². The summed E-state index contributed by atoms with van der Waals surface area (Å²) in [5.41, 5.74) is 14.6. The van der Waals surface area contributed by atoms with Gasteiger partial charge in [0.25, 0.3) is 0 Å². The first kappa shape index (κ1) is 23.0. The summed E-state index contributed by atoms with van der Waals surface area (Å²) in [5.74, 6) is 0.946. The van der Waals surface area contributed by atoms with Crippen molar-refractivity contribution in [3.63, 3.8) is 0 Å². The van der Waals surface area contributed by atoms with E-state index in [-0.39, 0.29) is 0 Å². The van der Waals surface area contributed by atoms with Crippen LogP contribution in [0.25, 0.3) is 44.9 Å². The van der Waals surface area contributed by atoms with Crippen molar-refractivity contribution in [3.8, 4) is 27.9 Å². The molecule has 0 unspecified atom stereocenters. The van der Waals surface area contributed by atoms with Gasteiger partial charge in [-0.05, 0) is 97.5 Å². The molecule has 3 heteroatoms. The van der Waals surface area contributed by atoms with Gasteiger partial charge in [-0.3, -0.25) is 4.90 Å². The molecule has 192 valence electrons. The van der Waals surface area contributed by atoms with E-state index >= 15 is 0 Å². The molecular weight excluding hydrogens is 486 g/mol. The van der Waals surface area contributed by atoms with Crippen molar-refractivity contribution in [1.29, 1.82) is 0 Å². The lowest BCUT2D eigenvalue weighted by atomic mass is 9.93. The molecule has 40 heavy (non-hydrogen) atoms. The normalized spacial score (nSPS) is 13.4. The number of benzene rings is 4. The topological polar surface area (TPSA) is 21.1 Å². The Bertz CT molecular complexity index is 1970. The van der Waals surface area contributed by atoms with Gasteiger partial charge < -0.3 is 4.57 Å². The molecule has 0 N–H and O–H groups in total. The zero-order chi connectivity index (χ0) is 26.8. The molecule has 0 spiro atoms. The van der Waals surface area contributed by atoms with Gasteiger partial charge in [-0.1, -0.05) is 60.7 Å². The third kappa shape index (κ3) is 3.48. The first-order chi connectivity index (χ1) is 19.7. The van der Waals surface area contributed by atoms with Crippen LogP contribution in [0.3, 0.4) is 0 Å². The number of aryl methyl sites for hydroxylation is 3. The lowest BCUT2D eigenvalue weighted by Crippen LogP contribution is -2.13. The monoisotopic (exact) mass is 515 g/mol. The predicted molar refractivity (Wildman–Crippen MR) is 167 cm³/mol. The van der Waals surface area contributed by atoms with Crippen LogP contribution in [0.4, 0.5) is 17.2 Å². The number of allylic oxidation sites excluding steroid dienone is 1. The lowest BCUT2D eigenvalue weighted by molar-refractivity contribution is 0.974. The summed E-state index contributed by atoms with van der Waals surface area (Å²) in [6.07, 6.45) is 9.03. The van der Waals surface area contributed by atoms with Gasteiger partial charge >= 0.3 is 0 Å². The fourth-order valence-electron chi connectivity index (χ4n) is 6.60. The summed E-state index contributed by atoms with van der Waals surface area (Å²) in [6.45, 7) is 4.22. The van der Waals surface area contributed by atoms with Crippen molar-refractivity contribution < 1.29 is 0 Å². The third-order valence-corrected chi connectivity index (χ3v) is 8.31. The van der Waals surface area contributed by atoms with Crippen LogP contribution in [0, 0.1) is 13.8 Å². The fraction of sp³-hybridized carbons (Fsp3) is 0.108. The molecule has 2 aliphatic rings. The summed E-state index contributed by atoms with van der Waals surface area (Å²) in [6, 6.07) is 35.5. The SMILES string of the molecule is Cc1cc(C)nc(N2c3ccccc3-c3cc4ccn(-c5cccc6c5C=CCC6)c4cc3-c3ccccc32)c1. The van der Waals surface area contributed by atoms with Gasteiger partial charge in [-0.2, -0.15) is 0 Å². The standard InChI is InChI=1S/C37H29N3/c1-24-20-25(2)38-37(21-24)40-34-15-7-5-13-29(34)31-22-27-18-19-39(33-17-9-11-26-10-3-4-12-28(26)33)36(27)23-32(31)30-14-6-8-16-35(30)40/h4-9,11-23H,3,10H2,1-2H3. The van der Waals surface area contributed by atoms with Crippen LogP contribution in [0.2, 0.25) is 0 Å². The van der Waals surface area contributed by atoms with E-state index in [4.69, 9.17) is 4.98 Å². The van der Waals surface area contributed by atoms with Crippen LogP contribution in [-0.4, -0.2) is 9.55 Å². The molecule has 0 saturated heterocycles. The summed E-state index contributed by atoms with van der Waals surface area (Å²) >= 11 is 0. The van der Waals surface area contributed by atoms with Crippen LogP contribution in [0.5, 0.6) is 0 Å². The smallest absolute Gasteiger partial charge is 0.138 e.